The number of halogens is 1. The fraction of sp³-hybridized carbons (Fsp3) is 0.533. The number of rotatable bonds is 8. The molecule has 0 aliphatic rings. The molecule has 1 aromatic rings. The zero-order chi connectivity index (χ0) is 15.1. The van der Waals surface area contributed by atoms with Gasteiger partial charge >= 0.3 is 0 Å². The zero-order valence-corrected chi connectivity index (χ0v) is 13.2. The number of anilines is 1. The van der Waals surface area contributed by atoms with Gasteiger partial charge in [0.05, 0.1) is 6.61 Å². The number of benzene rings is 1. The van der Waals surface area contributed by atoms with E-state index in [0.717, 1.165) is 25.1 Å². The van der Waals surface area contributed by atoms with Crippen LogP contribution in [0.5, 0.6) is 0 Å². The van der Waals surface area contributed by atoms with Gasteiger partial charge in [-0.1, -0.05) is 26.1 Å². The molecule has 0 aliphatic carbocycles. The van der Waals surface area contributed by atoms with Crippen molar-refractivity contribution < 1.29 is 9.13 Å². The van der Waals surface area contributed by atoms with E-state index in [1.807, 2.05) is 0 Å². The van der Waals surface area contributed by atoms with Crippen molar-refractivity contribution in [1.29, 1.82) is 0 Å². The van der Waals surface area contributed by atoms with Gasteiger partial charge in [0.1, 0.15) is 10.8 Å². The smallest absolute Gasteiger partial charge is 0.124 e. The van der Waals surface area contributed by atoms with Gasteiger partial charge in [0.2, 0.25) is 0 Å². The summed E-state index contributed by atoms with van der Waals surface area (Å²) in [6.45, 7) is 5.60. The summed E-state index contributed by atoms with van der Waals surface area (Å²) in [7, 11) is 1.67. The van der Waals surface area contributed by atoms with E-state index in [2.05, 4.69) is 18.7 Å². The molecule has 2 N–H and O–H groups in total. The average Bonchev–Trinajstić information content (AvgIpc) is 2.43. The summed E-state index contributed by atoms with van der Waals surface area (Å²) in [6, 6.07) is 4.94. The summed E-state index contributed by atoms with van der Waals surface area (Å²) in [5.74, 6) is -0.326. The quantitative estimate of drug-likeness (QED) is 0.749. The maximum atomic E-state index is 13.4. The molecule has 0 atom stereocenters. The molecule has 1 aromatic carbocycles. The maximum Gasteiger partial charge on any atom is 0.124 e. The lowest BCUT2D eigenvalue weighted by atomic mass is 10.1. The molecular formula is C15H23FN2OS. The van der Waals surface area contributed by atoms with E-state index in [4.69, 9.17) is 22.7 Å². The summed E-state index contributed by atoms with van der Waals surface area (Å²) in [5, 5.41) is 0. The minimum atomic E-state index is -0.326. The number of hydrogen-bond acceptors (Lipinski definition) is 3. The summed E-state index contributed by atoms with van der Waals surface area (Å²) < 4.78 is 18.6. The minimum Gasteiger partial charge on any atom is -0.389 e. The molecule has 0 fully saturated rings. The van der Waals surface area contributed by atoms with Gasteiger partial charge in [0.25, 0.3) is 0 Å². The van der Waals surface area contributed by atoms with E-state index in [1.54, 1.807) is 13.2 Å². The molecule has 0 aliphatic heterocycles. The second-order valence-electron chi connectivity index (χ2n) is 4.68. The number of nitrogens with two attached hydrogens (primary N) is 1. The normalized spacial score (nSPS) is 10.8. The molecule has 0 amide bonds. The third-order valence-corrected chi connectivity index (χ3v) is 3.67. The highest BCUT2D eigenvalue weighted by molar-refractivity contribution is 7.80. The average molecular weight is 298 g/mol. The van der Waals surface area contributed by atoms with E-state index < -0.39 is 0 Å². The molecular weight excluding hydrogens is 275 g/mol. The van der Waals surface area contributed by atoms with Crippen LogP contribution in [-0.4, -0.2) is 31.3 Å². The predicted octanol–water partition coefficient (Wildman–Crippen LogP) is 3.10. The van der Waals surface area contributed by atoms with Crippen LogP contribution in [0.25, 0.3) is 0 Å². The third-order valence-electron chi connectivity index (χ3n) is 3.45. The Morgan fingerprint density at radius 3 is 2.55 bits per heavy atom. The first-order valence-corrected chi connectivity index (χ1v) is 7.30. The highest BCUT2D eigenvalue weighted by Gasteiger charge is 2.19. The lowest BCUT2D eigenvalue weighted by Gasteiger charge is -2.34. The van der Waals surface area contributed by atoms with Crippen LogP contribution in [0.1, 0.15) is 32.3 Å². The Balaban J connectivity index is 3.21. The second-order valence-corrected chi connectivity index (χ2v) is 5.12. The summed E-state index contributed by atoms with van der Waals surface area (Å²) in [4.78, 5) is 2.42. The largest absolute Gasteiger partial charge is 0.389 e. The standard InChI is InChI=1S/C15H23FN2OS/c1-4-12(5-2)18(8-9-19-3)14-7-6-11(16)10-13(14)15(17)20/h6-7,10,12H,4-5,8-9H2,1-3H3,(H2,17,20). The van der Waals surface area contributed by atoms with Crippen molar-refractivity contribution in [3.05, 3.63) is 29.6 Å². The lowest BCUT2D eigenvalue weighted by molar-refractivity contribution is 0.202. The van der Waals surface area contributed by atoms with Gasteiger partial charge in [-0.3, -0.25) is 0 Å². The topological polar surface area (TPSA) is 38.5 Å². The Labute approximate surface area is 125 Å². The Morgan fingerprint density at radius 2 is 2.05 bits per heavy atom. The van der Waals surface area contributed by atoms with Crippen molar-refractivity contribution in [2.75, 3.05) is 25.2 Å². The van der Waals surface area contributed by atoms with Gasteiger partial charge in [-0.2, -0.15) is 0 Å². The SMILES string of the molecule is CCC(CC)N(CCOC)c1ccc(F)cc1C(N)=S. The van der Waals surface area contributed by atoms with Crippen LogP contribution >= 0.6 is 12.2 Å². The van der Waals surface area contributed by atoms with Crippen molar-refractivity contribution in [2.45, 2.75) is 32.7 Å². The molecule has 20 heavy (non-hydrogen) atoms. The van der Waals surface area contributed by atoms with Crippen LogP contribution in [0, 0.1) is 5.82 Å². The van der Waals surface area contributed by atoms with Crippen molar-refractivity contribution in [2.24, 2.45) is 5.73 Å². The third kappa shape index (κ3) is 4.15. The fourth-order valence-electron chi connectivity index (χ4n) is 2.37. The van der Waals surface area contributed by atoms with E-state index in [9.17, 15) is 4.39 Å². The van der Waals surface area contributed by atoms with Crippen molar-refractivity contribution >= 4 is 22.9 Å². The molecule has 1 rings (SSSR count). The molecule has 112 valence electrons. The van der Waals surface area contributed by atoms with Crippen molar-refractivity contribution in [1.82, 2.24) is 0 Å². The Bertz CT molecular complexity index is 449. The first-order valence-electron chi connectivity index (χ1n) is 6.90. The lowest BCUT2D eigenvalue weighted by Crippen LogP contribution is -2.38. The zero-order valence-electron chi connectivity index (χ0n) is 12.4. The molecule has 0 heterocycles. The van der Waals surface area contributed by atoms with Gasteiger partial charge in [-0.05, 0) is 31.0 Å². The summed E-state index contributed by atoms with van der Waals surface area (Å²) >= 11 is 5.05. The maximum absolute atomic E-state index is 13.4. The van der Waals surface area contributed by atoms with E-state index >= 15 is 0 Å². The van der Waals surface area contributed by atoms with Crippen LogP contribution in [0.2, 0.25) is 0 Å². The molecule has 0 saturated heterocycles. The van der Waals surface area contributed by atoms with E-state index in [-0.39, 0.29) is 10.8 Å². The first-order chi connectivity index (χ1) is 9.54. The van der Waals surface area contributed by atoms with Gasteiger partial charge < -0.3 is 15.4 Å². The predicted molar refractivity (Wildman–Crippen MR) is 85.9 cm³/mol. The van der Waals surface area contributed by atoms with Crippen LogP contribution in [0.15, 0.2) is 18.2 Å². The number of methoxy groups -OCH3 is 1. The van der Waals surface area contributed by atoms with Crippen molar-refractivity contribution in [3.8, 4) is 0 Å². The van der Waals surface area contributed by atoms with E-state index in [0.29, 0.717) is 18.2 Å². The van der Waals surface area contributed by atoms with Crippen LogP contribution in [0.3, 0.4) is 0 Å². The summed E-state index contributed by atoms with van der Waals surface area (Å²) in [5.41, 5.74) is 7.21. The van der Waals surface area contributed by atoms with Crippen LogP contribution < -0.4 is 10.6 Å². The first kappa shape index (κ1) is 16.9. The molecule has 0 radical (unpaired) electrons. The number of hydrogen-bond donors (Lipinski definition) is 1. The minimum absolute atomic E-state index is 0.216. The monoisotopic (exact) mass is 298 g/mol. The van der Waals surface area contributed by atoms with Gasteiger partial charge in [-0.25, -0.2) is 4.39 Å². The summed E-state index contributed by atoms with van der Waals surface area (Å²) in [6.07, 6.45) is 1.99. The Morgan fingerprint density at radius 1 is 1.40 bits per heavy atom. The molecule has 0 spiro atoms. The van der Waals surface area contributed by atoms with Gasteiger partial charge in [0, 0.05) is 30.9 Å². The molecule has 0 bridgehead atoms. The highest BCUT2D eigenvalue weighted by atomic mass is 32.1. The molecule has 0 aromatic heterocycles. The molecule has 3 nitrogen and oxygen atoms in total. The molecule has 0 unspecified atom stereocenters. The Hall–Kier alpha value is -1.20. The molecule has 5 heteroatoms. The number of ether oxygens (including phenoxy) is 1. The van der Waals surface area contributed by atoms with Gasteiger partial charge in [-0.15, -0.1) is 0 Å². The Kier molecular flexibility index (Phi) is 6.88. The van der Waals surface area contributed by atoms with E-state index in [1.165, 1.54) is 12.1 Å². The van der Waals surface area contributed by atoms with Crippen molar-refractivity contribution in [3.63, 3.8) is 0 Å². The van der Waals surface area contributed by atoms with Gasteiger partial charge in [0.15, 0.2) is 0 Å². The highest BCUT2D eigenvalue weighted by Crippen LogP contribution is 2.26. The van der Waals surface area contributed by atoms with Crippen LogP contribution in [0.4, 0.5) is 10.1 Å². The second kappa shape index (κ2) is 8.17. The fourth-order valence-corrected chi connectivity index (χ4v) is 2.54. The molecule has 0 saturated carbocycles. The van der Waals surface area contributed by atoms with Crippen LogP contribution in [-0.2, 0) is 4.74 Å². The number of nitrogens with zero attached hydrogens (tertiary/aromatic N) is 1. The number of thiocarbonyl (C=S) groups is 1.